The zero-order valence-electron chi connectivity index (χ0n) is 10.1. The van der Waals surface area contributed by atoms with Gasteiger partial charge in [-0.25, -0.2) is 4.39 Å². The van der Waals surface area contributed by atoms with Gasteiger partial charge in [-0.1, -0.05) is 0 Å². The first kappa shape index (κ1) is 13.7. The van der Waals surface area contributed by atoms with E-state index in [-0.39, 0.29) is 17.9 Å². The average molecular weight is 280 g/mol. The number of halogens is 2. The first-order chi connectivity index (χ1) is 9.47. The smallest absolute Gasteiger partial charge is 0.305 e. The fourth-order valence-corrected chi connectivity index (χ4v) is 1.63. The predicted molar refractivity (Wildman–Crippen MR) is 68.4 cm³/mol. The minimum Gasteiger partial charge on any atom is -0.508 e. The van der Waals surface area contributed by atoms with Crippen LogP contribution < -0.4 is 5.32 Å². The molecule has 2 aromatic carbocycles. The number of nitrogens with one attached hydrogen (secondary N) is 1. The van der Waals surface area contributed by atoms with Crippen LogP contribution in [0.3, 0.4) is 0 Å². The lowest BCUT2D eigenvalue weighted by Crippen LogP contribution is -2.04. The van der Waals surface area contributed by atoms with Crippen molar-refractivity contribution in [2.75, 3.05) is 5.32 Å². The summed E-state index contributed by atoms with van der Waals surface area (Å²) in [6.45, 7) is -0.0439. The molecule has 0 aliphatic rings. The summed E-state index contributed by atoms with van der Waals surface area (Å²) in [7, 11) is 0. The van der Waals surface area contributed by atoms with Crippen LogP contribution in [0, 0.1) is 21.7 Å². The Bertz CT molecular complexity index is 645. The van der Waals surface area contributed by atoms with Crippen LogP contribution in [0.15, 0.2) is 36.4 Å². The predicted octanol–water partition coefficient (Wildman–Crippen LogP) is 3.19. The third-order valence-corrected chi connectivity index (χ3v) is 2.66. The van der Waals surface area contributed by atoms with Gasteiger partial charge in [0.1, 0.15) is 11.6 Å². The molecule has 0 amide bonds. The van der Waals surface area contributed by atoms with Crippen LogP contribution >= 0.6 is 0 Å². The van der Waals surface area contributed by atoms with Gasteiger partial charge in [0.05, 0.1) is 4.92 Å². The number of benzene rings is 2. The van der Waals surface area contributed by atoms with Gasteiger partial charge in [0, 0.05) is 29.9 Å². The third-order valence-electron chi connectivity index (χ3n) is 2.66. The molecule has 0 aromatic heterocycles. The largest absolute Gasteiger partial charge is 0.508 e. The second-order valence-electron chi connectivity index (χ2n) is 4.05. The zero-order valence-corrected chi connectivity index (χ0v) is 10.1. The normalized spacial score (nSPS) is 10.3. The van der Waals surface area contributed by atoms with E-state index in [1.165, 1.54) is 12.1 Å². The number of phenolic OH excluding ortho intramolecular Hbond substituents is 1. The number of hydrogen-bond donors (Lipinski definition) is 2. The topological polar surface area (TPSA) is 75.4 Å². The minimum absolute atomic E-state index is 0.0221. The Labute approximate surface area is 112 Å². The van der Waals surface area contributed by atoms with E-state index in [1.807, 2.05) is 0 Å². The second-order valence-corrected chi connectivity index (χ2v) is 4.05. The lowest BCUT2D eigenvalue weighted by Gasteiger charge is -2.08. The van der Waals surface area contributed by atoms with Crippen LogP contribution in [-0.2, 0) is 6.54 Å². The van der Waals surface area contributed by atoms with Crippen molar-refractivity contribution in [1.29, 1.82) is 0 Å². The molecule has 0 unspecified atom stereocenters. The van der Waals surface area contributed by atoms with E-state index in [0.717, 1.165) is 6.07 Å². The molecule has 0 fully saturated rings. The van der Waals surface area contributed by atoms with Gasteiger partial charge in [-0.05, 0) is 24.3 Å². The molecule has 2 N–H and O–H groups in total. The van der Waals surface area contributed by atoms with Gasteiger partial charge in [-0.15, -0.1) is 0 Å². The van der Waals surface area contributed by atoms with Gasteiger partial charge in [0.2, 0.25) is 5.82 Å². The van der Waals surface area contributed by atoms with Crippen LogP contribution in [0.1, 0.15) is 5.56 Å². The Morgan fingerprint density at radius 2 is 1.80 bits per heavy atom. The Hall–Kier alpha value is -2.70. The molecule has 0 aliphatic heterocycles. The quantitative estimate of drug-likeness (QED) is 0.512. The van der Waals surface area contributed by atoms with Crippen molar-refractivity contribution < 1.29 is 18.8 Å². The van der Waals surface area contributed by atoms with Gasteiger partial charge in [0.15, 0.2) is 0 Å². The van der Waals surface area contributed by atoms with Crippen molar-refractivity contribution in [2.24, 2.45) is 0 Å². The lowest BCUT2D eigenvalue weighted by molar-refractivity contribution is -0.387. The average Bonchev–Trinajstić information content (AvgIpc) is 2.39. The summed E-state index contributed by atoms with van der Waals surface area (Å²) >= 11 is 0. The Morgan fingerprint density at radius 1 is 1.15 bits per heavy atom. The molecule has 5 nitrogen and oxygen atoms in total. The highest BCUT2D eigenvalue weighted by Crippen LogP contribution is 2.22. The van der Waals surface area contributed by atoms with Gasteiger partial charge in [-0.2, -0.15) is 4.39 Å². The zero-order chi connectivity index (χ0) is 14.7. The molecule has 0 spiro atoms. The number of nitrogens with zero attached hydrogens (tertiary/aromatic N) is 1. The van der Waals surface area contributed by atoms with Crippen molar-refractivity contribution in [2.45, 2.75) is 6.54 Å². The van der Waals surface area contributed by atoms with Crippen LogP contribution in [0.5, 0.6) is 5.75 Å². The standard InChI is InChI=1S/C13H10F2N2O3/c14-11-6-12(15)13(17(19)20)5-8(11)7-16-9-1-3-10(18)4-2-9/h1-6,16,18H,7H2. The van der Waals surface area contributed by atoms with Crippen molar-refractivity contribution >= 4 is 11.4 Å². The molecule has 0 aliphatic carbocycles. The van der Waals surface area contributed by atoms with E-state index < -0.39 is 22.2 Å². The van der Waals surface area contributed by atoms with Crippen LogP contribution in [0.2, 0.25) is 0 Å². The summed E-state index contributed by atoms with van der Waals surface area (Å²) in [5, 5.41) is 22.5. The Balaban J connectivity index is 2.18. The first-order valence-corrected chi connectivity index (χ1v) is 5.62. The maximum absolute atomic E-state index is 13.5. The van der Waals surface area contributed by atoms with Crippen molar-refractivity contribution in [3.8, 4) is 5.75 Å². The van der Waals surface area contributed by atoms with Gasteiger partial charge >= 0.3 is 5.69 Å². The number of nitro groups is 1. The van der Waals surface area contributed by atoms with Crippen molar-refractivity contribution in [3.05, 3.63) is 63.7 Å². The third kappa shape index (κ3) is 3.00. The summed E-state index contributed by atoms with van der Waals surface area (Å²) in [6, 6.07) is 7.35. The summed E-state index contributed by atoms with van der Waals surface area (Å²) in [4.78, 5) is 9.69. The summed E-state index contributed by atoms with van der Waals surface area (Å²) in [5.41, 5.74) is -0.200. The molecule has 2 aromatic rings. The maximum atomic E-state index is 13.5. The van der Waals surface area contributed by atoms with Gasteiger partial charge in [0.25, 0.3) is 0 Å². The van der Waals surface area contributed by atoms with Crippen LogP contribution in [0.25, 0.3) is 0 Å². The van der Waals surface area contributed by atoms with E-state index in [4.69, 9.17) is 5.11 Å². The SMILES string of the molecule is O=[N+]([O-])c1cc(CNc2ccc(O)cc2)c(F)cc1F. The lowest BCUT2D eigenvalue weighted by atomic mass is 10.1. The number of hydrogen-bond acceptors (Lipinski definition) is 4. The van der Waals surface area contributed by atoms with E-state index in [2.05, 4.69) is 5.32 Å². The molecule has 0 saturated carbocycles. The number of aromatic hydroxyl groups is 1. The summed E-state index contributed by atoms with van der Waals surface area (Å²) < 4.78 is 26.7. The van der Waals surface area contributed by atoms with E-state index in [1.54, 1.807) is 12.1 Å². The van der Waals surface area contributed by atoms with Gasteiger partial charge < -0.3 is 10.4 Å². The van der Waals surface area contributed by atoms with Crippen molar-refractivity contribution in [3.63, 3.8) is 0 Å². The van der Waals surface area contributed by atoms with E-state index in [0.29, 0.717) is 11.8 Å². The number of rotatable bonds is 4. The van der Waals surface area contributed by atoms with E-state index >= 15 is 0 Å². The molecule has 7 heteroatoms. The molecule has 2 rings (SSSR count). The Morgan fingerprint density at radius 3 is 2.40 bits per heavy atom. The summed E-state index contributed by atoms with van der Waals surface area (Å²) in [6.07, 6.45) is 0. The fraction of sp³-hybridized carbons (Fsp3) is 0.0769. The highest BCUT2D eigenvalue weighted by molar-refractivity contribution is 5.47. The van der Waals surface area contributed by atoms with Crippen LogP contribution in [0.4, 0.5) is 20.2 Å². The molecule has 20 heavy (non-hydrogen) atoms. The monoisotopic (exact) mass is 280 g/mol. The van der Waals surface area contributed by atoms with Gasteiger partial charge in [-0.3, -0.25) is 10.1 Å². The van der Waals surface area contributed by atoms with E-state index in [9.17, 15) is 18.9 Å². The molecule has 0 saturated heterocycles. The number of nitro benzene ring substituents is 1. The number of phenols is 1. The highest BCUT2D eigenvalue weighted by Gasteiger charge is 2.18. The molecular formula is C13H10F2N2O3. The Kier molecular flexibility index (Phi) is 3.79. The van der Waals surface area contributed by atoms with Crippen molar-refractivity contribution in [1.82, 2.24) is 0 Å². The highest BCUT2D eigenvalue weighted by atomic mass is 19.1. The maximum Gasteiger partial charge on any atom is 0.305 e. The molecule has 0 heterocycles. The molecule has 0 atom stereocenters. The second kappa shape index (κ2) is 5.52. The number of anilines is 1. The molecule has 104 valence electrons. The van der Waals surface area contributed by atoms with Crippen LogP contribution in [-0.4, -0.2) is 10.0 Å². The minimum atomic E-state index is -1.21. The first-order valence-electron chi connectivity index (χ1n) is 5.62. The molecule has 0 radical (unpaired) electrons. The fourth-order valence-electron chi connectivity index (χ4n) is 1.63. The summed E-state index contributed by atoms with van der Waals surface area (Å²) in [5.74, 6) is -1.99. The molecular weight excluding hydrogens is 270 g/mol. The molecule has 0 bridgehead atoms.